The lowest BCUT2D eigenvalue weighted by atomic mass is 9.92. The topological polar surface area (TPSA) is 104 Å². The first kappa shape index (κ1) is 26.9. The standard InChI is InChI=1S/C29H27Cl2N3O5.H2/c1-17(35)32-15-21(36)16-38-22-7-2-18(3-8-22)28-27-24(25-14-20(31)6-11-26(25)33-27)12-13-34(28)29(37)39-23-9-4-19(30)5-10-23;/h2-11,14,21,28,33,36H,12-13,15-16H2,1H3,(H,32,35);1H. The molecule has 3 N–H and O–H groups in total. The van der Waals surface area contributed by atoms with E-state index in [0.717, 1.165) is 27.7 Å². The molecule has 0 bridgehead atoms. The van der Waals surface area contributed by atoms with Gasteiger partial charge >= 0.3 is 6.09 Å². The third kappa shape index (κ3) is 6.14. The summed E-state index contributed by atoms with van der Waals surface area (Å²) < 4.78 is 11.4. The number of halogens is 2. The van der Waals surface area contributed by atoms with Gasteiger partial charge in [0.2, 0.25) is 5.91 Å². The zero-order valence-electron chi connectivity index (χ0n) is 21.1. The number of hydrogen-bond acceptors (Lipinski definition) is 5. The molecule has 2 amide bonds. The zero-order chi connectivity index (χ0) is 27.5. The Bertz CT molecular complexity index is 1490. The van der Waals surface area contributed by atoms with Gasteiger partial charge in [-0.05, 0) is 72.1 Å². The van der Waals surface area contributed by atoms with Crippen molar-refractivity contribution in [2.75, 3.05) is 19.7 Å². The van der Waals surface area contributed by atoms with E-state index in [0.29, 0.717) is 34.5 Å². The summed E-state index contributed by atoms with van der Waals surface area (Å²) in [4.78, 5) is 29.7. The van der Waals surface area contributed by atoms with Crippen molar-refractivity contribution in [1.82, 2.24) is 15.2 Å². The molecule has 1 aromatic heterocycles. The first-order valence-corrected chi connectivity index (χ1v) is 13.2. The highest BCUT2D eigenvalue weighted by Gasteiger charge is 2.35. The molecule has 0 aliphatic carbocycles. The molecule has 1 aliphatic rings. The van der Waals surface area contributed by atoms with Gasteiger partial charge in [-0.15, -0.1) is 0 Å². The maximum Gasteiger partial charge on any atom is 0.416 e. The predicted molar refractivity (Wildman–Crippen MR) is 152 cm³/mol. The molecule has 0 radical (unpaired) electrons. The summed E-state index contributed by atoms with van der Waals surface area (Å²) in [5, 5.41) is 14.8. The largest absolute Gasteiger partial charge is 0.491 e. The van der Waals surface area contributed by atoms with Crippen LogP contribution in [-0.2, 0) is 11.2 Å². The molecule has 39 heavy (non-hydrogen) atoms. The van der Waals surface area contributed by atoms with E-state index in [1.54, 1.807) is 41.3 Å². The Morgan fingerprint density at radius 1 is 1.08 bits per heavy atom. The van der Waals surface area contributed by atoms with Crippen molar-refractivity contribution in [3.63, 3.8) is 0 Å². The van der Waals surface area contributed by atoms with Crippen molar-refractivity contribution in [3.8, 4) is 11.5 Å². The molecule has 2 unspecified atom stereocenters. The van der Waals surface area contributed by atoms with Crippen LogP contribution in [0.15, 0.2) is 66.7 Å². The van der Waals surface area contributed by atoms with Gasteiger partial charge in [0.1, 0.15) is 30.3 Å². The molecule has 0 saturated heterocycles. The highest BCUT2D eigenvalue weighted by molar-refractivity contribution is 6.31. The summed E-state index contributed by atoms with van der Waals surface area (Å²) >= 11 is 12.3. The van der Waals surface area contributed by atoms with Crippen LogP contribution in [0.2, 0.25) is 10.0 Å². The number of amides is 2. The van der Waals surface area contributed by atoms with Crippen LogP contribution in [0.4, 0.5) is 4.79 Å². The van der Waals surface area contributed by atoms with Gasteiger partial charge in [-0.3, -0.25) is 9.69 Å². The molecule has 2 atom stereocenters. The van der Waals surface area contributed by atoms with Crippen LogP contribution in [0, 0.1) is 0 Å². The predicted octanol–water partition coefficient (Wildman–Crippen LogP) is 5.74. The number of nitrogens with zero attached hydrogens (tertiary/aromatic N) is 1. The Kier molecular flexibility index (Phi) is 7.97. The third-order valence-electron chi connectivity index (χ3n) is 6.57. The van der Waals surface area contributed by atoms with Crippen molar-refractivity contribution >= 4 is 46.1 Å². The maximum atomic E-state index is 13.4. The van der Waals surface area contributed by atoms with Crippen LogP contribution in [-0.4, -0.2) is 52.8 Å². The number of ether oxygens (including phenoxy) is 2. The molecular weight excluding hydrogens is 541 g/mol. The summed E-state index contributed by atoms with van der Waals surface area (Å²) in [6.45, 7) is 1.96. The fraction of sp³-hybridized carbons (Fsp3) is 0.241. The minimum Gasteiger partial charge on any atom is -0.491 e. The smallest absolute Gasteiger partial charge is 0.416 e. The number of carbonyl (C=O) groups is 2. The van der Waals surface area contributed by atoms with Gasteiger partial charge in [0.05, 0.1) is 0 Å². The van der Waals surface area contributed by atoms with E-state index in [-0.39, 0.29) is 20.5 Å². The second kappa shape index (κ2) is 11.6. The van der Waals surface area contributed by atoms with Crippen LogP contribution in [0.1, 0.15) is 31.2 Å². The minimum atomic E-state index is -0.842. The van der Waals surface area contributed by atoms with Gasteiger partial charge in [-0.2, -0.15) is 0 Å². The summed E-state index contributed by atoms with van der Waals surface area (Å²) in [7, 11) is 0. The highest BCUT2D eigenvalue weighted by Crippen LogP contribution is 2.40. The number of nitrogens with one attached hydrogen (secondary N) is 2. The first-order chi connectivity index (χ1) is 18.8. The number of aromatic amines is 1. The van der Waals surface area contributed by atoms with Crippen molar-refractivity contribution in [3.05, 3.63) is 93.6 Å². The SMILES string of the molecule is CC(=O)NCC(O)COc1ccc(C2c3[nH]c4ccc(Cl)cc4c3CCN2C(=O)Oc2ccc(Cl)cc2)cc1.[HH]. The Morgan fingerprint density at radius 2 is 1.77 bits per heavy atom. The second-order valence-corrected chi connectivity index (χ2v) is 10.2. The molecule has 2 heterocycles. The average Bonchev–Trinajstić information content (AvgIpc) is 3.29. The van der Waals surface area contributed by atoms with Crippen LogP contribution < -0.4 is 14.8 Å². The molecule has 3 aromatic carbocycles. The number of fused-ring (bicyclic) bond motifs is 3. The number of benzene rings is 3. The Labute approximate surface area is 236 Å². The number of aromatic nitrogens is 1. The van der Waals surface area contributed by atoms with E-state index in [1.165, 1.54) is 6.92 Å². The molecule has 1 aliphatic heterocycles. The zero-order valence-corrected chi connectivity index (χ0v) is 22.6. The maximum absolute atomic E-state index is 13.4. The number of aliphatic hydroxyl groups is 1. The summed E-state index contributed by atoms with van der Waals surface area (Å²) in [5.41, 5.74) is 3.80. The van der Waals surface area contributed by atoms with E-state index in [1.807, 2.05) is 30.3 Å². The quantitative estimate of drug-likeness (QED) is 0.263. The van der Waals surface area contributed by atoms with Crippen LogP contribution in [0.5, 0.6) is 11.5 Å². The molecule has 0 spiro atoms. The fourth-order valence-electron chi connectivity index (χ4n) is 4.73. The minimum absolute atomic E-state index is 0. The molecule has 0 fully saturated rings. The number of H-pyrrole nitrogens is 1. The summed E-state index contributed by atoms with van der Waals surface area (Å²) in [6, 6.07) is 19.3. The van der Waals surface area contributed by atoms with Crippen molar-refractivity contribution in [2.45, 2.75) is 25.5 Å². The molecule has 4 aromatic rings. The second-order valence-electron chi connectivity index (χ2n) is 9.35. The van der Waals surface area contributed by atoms with Crippen molar-refractivity contribution in [1.29, 1.82) is 0 Å². The van der Waals surface area contributed by atoms with Gasteiger partial charge in [-0.25, -0.2) is 4.79 Å². The number of carbonyl (C=O) groups excluding carboxylic acids is 2. The van der Waals surface area contributed by atoms with Crippen LogP contribution in [0.25, 0.3) is 10.9 Å². The number of rotatable bonds is 7. The monoisotopic (exact) mass is 569 g/mol. The Morgan fingerprint density at radius 3 is 2.49 bits per heavy atom. The van der Waals surface area contributed by atoms with Gasteiger partial charge in [0.15, 0.2) is 0 Å². The van der Waals surface area contributed by atoms with Crippen molar-refractivity contribution < 1.29 is 25.6 Å². The van der Waals surface area contributed by atoms with E-state index in [4.69, 9.17) is 32.7 Å². The summed E-state index contributed by atoms with van der Waals surface area (Å²) in [5.74, 6) is 0.734. The van der Waals surface area contributed by atoms with Crippen LogP contribution >= 0.6 is 23.2 Å². The van der Waals surface area contributed by atoms with Gasteiger partial charge in [0, 0.05) is 48.1 Å². The fourth-order valence-corrected chi connectivity index (χ4v) is 5.02. The summed E-state index contributed by atoms with van der Waals surface area (Å²) in [6.07, 6.45) is -0.688. The van der Waals surface area contributed by atoms with E-state index < -0.39 is 18.2 Å². The number of aliphatic hydroxyl groups excluding tert-OH is 1. The van der Waals surface area contributed by atoms with Crippen LogP contribution in [0.3, 0.4) is 0 Å². The number of hydrogen-bond donors (Lipinski definition) is 3. The van der Waals surface area contributed by atoms with Gasteiger partial charge in [0.25, 0.3) is 0 Å². The lowest BCUT2D eigenvalue weighted by Gasteiger charge is -2.35. The van der Waals surface area contributed by atoms with Gasteiger partial charge < -0.3 is 24.9 Å². The third-order valence-corrected chi connectivity index (χ3v) is 7.05. The van der Waals surface area contributed by atoms with E-state index >= 15 is 0 Å². The molecule has 0 saturated carbocycles. The van der Waals surface area contributed by atoms with E-state index in [9.17, 15) is 14.7 Å². The Hall–Kier alpha value is -3.72. The lowest BCUT2D eigenvalue weighted by Crippen LogP contribution is -2.42. The molecule has 204 valence electrons. The molecule has 5 rings (SSSR count). The lowest BCUT2D eigenvalue weighted by molar-refractivity contribution is -0.119. The average molecular weight is 570 g/mol. The molecule has 10 heteroatoms. The molecular formula is C29H29Cl2N3O5. The first-order valence-electron chi connectivity index (χ1n) is 12.5. The normalized spacial score (nSPS) is 15.5. The molecule has 8 nitrogen and oxygen atoms in total. The van der Waals surface area contributed by atoms with E-state index in [2.05, 4.69) is 10.3 Å². The van der Waals surface area contributed by atoms with Gasteiger partial charge in [-0.1, -0.05) is 35.3 Å². The highest BCUT2D eigenvalue weighted by atomic mass is 35.5. The Balaban J connectivity index is 0.00000370. The van der Waals surface area contributed by atoms with Crippen molar-refractivity contribution in [2.24, 2.45) is 0 Å².